The fourth-order valence-corrected chi connectivity index (χ4v) is 3.30. The Balaban J connectivity index is 1.49. The summed E-state index contributed by atoms with van der Waals surface area (Å²) < 4.78 is 1.74. The van der Waals surface area contributed by atoms with Gasteiger partial charge in [0.15, 0.2) is 5.65 Å². The van der Waals surface area contributed by atoms with Crippen molar-refractivity contribution in [3.63, 3.8) is 0 Å². The van der Waals surface area contributed by atoms with Gasteiger partial charge in [-0.05, 0) is 25.0 Å². The van der Waals surface area contributed by atoms with Gasteiger partial charge in [-0.15, -0.1) is 0 Å². The molecule has 1 fully saturated rings. The van der Waals surface area contributed by atoms with Crippen LogP contribution < -0.4 is 5.32 Å². The van der Waals surface area contributed by atoms with Gasteiger partial charge < -0.3 is 10.2 Å². The van der Waals surface area contributed by atoms with Crippen LogP contribution in [0.3, 0.4) is 0 Å². The van der Waals surface area contributed by atoms with Gasteiger partial charge in [0.05, 0.1) is 11.6 Å². The van der Waals surface area contributed by atoms with Crippen LogP contribution >= 0.6 is 0 Å². The maximum Gasteiger partial charge on any atom is 0.245 e. The van der Waals surface area contributed by atoms with Gasteiger partial charge >= 0.3 is 0 Å². The van der Waals surface area contributed by atoms with Gasteiger partial charge in [0.2, 0.25) is 5.91 Å². The highest BCUT2D eigenvalue weighted by molar-refractivity contribution is 5.93. The topological polar surface area (TPSA) is 63.0 Å². The monoisotopic (exact) mass is 335 g/mol. The number of likely N-dealkylation sites (tertiary alicyclic amines) is 1. The SMILES string of the molecule is Cc1ccc(CN2CCC(Nc3ccnc4c3cnn4C)C2=O)cc1. The Labute approximate surface area is 146 Å². The van der Waals surface area contributed by atoms with Crippen LogP contribution in [-0.2, 0) is 18.4 Å². The summed E-state index contributed by atoms with van der Waals surface area (Å²) in [6.45, 7) is 3.50. The predicted molar refractivity (Wildman–Crippen MR) is 97.1 cm³/mol. The van der Waals surface area contributed by atoms with E-state index in [0.717, 1.165) is 35.2 Å². The molecule has 6 nitrogen and oxygen atoms in total. The second-order valence-electron chi connectivity index (χ2n) is 6.59. The average molecular weight is 335 g/mol. The van der Waals surface area contributed by atoms with E-state index in [-0.39, 0.29) is 11.9 Å². The van der Waals surface area contributed by atoms with Crippen molar-refractivity contribution in [2.24, 2.45) is 7.05 Å². The minimum absolute atomic E-state index is 0.148. The molecule has 0 saturated carbocycles. The molecule has 3 heterocycles. The number of nitrogens with one attached hydrogen (secondary N) is 1. The average Bonchev–Trinajstić information content (AvgIpc) is 3.15. The van der Waals surface area contributed by atoms with Crippen molar-refractivity contribution < 1.29 is 4.79 Å². The third-order valence-electron chi connectivity index (χ3n) is 4.76. The summed E-state index contributed by atoms with van der Waals surface area (Å²) in [7, 11) is 1.86. The molecule has 1 aliphatic heterocycles. The minimum Gasteiger partial charge on any atom is -0.373 e. The Morgan fingerprint density at radius 1 is 1.24 bits per heavy atom. The van der Waals surface area contributed by atoms with Gasteiger partial charge in [-0.1, -0.05) is 29.8 Å². The molecule has 25 heavy (non-hydrogen) atoms. The first-order chi connectivity index (χ1) is 12.1. The molecular formula is C19H21N5O. The lowest BCUT2D eigenvalue weighted by atomic mass is 10.1. The third-order valence-corrected chi connectivity index (χ3v) is 4.76. The molecule has 0 spiro atoms. The van der Waals surface area contributed by atoms with Gasteiger partial charge in [-0.2, -0.15) is 5.10 Å². The summed E-state index contributed by atoms with van der Waals surface area (Å²) in [5.41, 5.74) is 4.12. The fourth-order valence-electron chi connectivity index (χ4n) is 3.30. The number of hydrogen-bond donors (Lipinski definition) is 1. The van der Waals surface area contributed by atoms with E-state index in [4.69, 9.17) is 0 Å². The van der Waals surface area contributed by atoms with E-state index in [1.54, 1.807) is 17.1 Å². The summed E-state index contributed by atoms with van der Waals surface area (Å²) in [6.07, 6.45) is 4.33. The van der Waals surface area contributed by atoms with Crippen molar-refractivity contribution in [3.05, 3.63) is 53.9 Å². The van der Waals surface area contributed by atoms with Crippen LogP contribution in [0.5, 0.6) is 0 Å². The number of amides is 1. The largest absolute Gasteiger partial charge is 0.373 e. The maximum atomic E-state index is 12.7. The normalized spacial score (nSPS) is 17.4. The summed E-state index contributed by atoms with van der Waals surface area (Å²) in [4.78, 5) is 19.0. The Morgan fingerprint density at radius 2 is 2.04 bits per heavy atom. The summed E-state index contributed by atoms with van der Waals surface area (Å²) >= 11 is 0. The molecule has 0 bridgehead atoms. The van der Waals surface area contributed by atoms with Crippen molar-refractivity contribution >= 4 is 22.6 Å². The quantitative estimate of drug-likeness (QED) is 0.796. The zero-order chi connectivity index (χ0) is 17.4. The lowest BCUT2D eigenvalue weighted by Crippen LogP contribution is -2.33. The number of pyridine rings is 1. The van der Waals surface area contributed by atoms with Crippen molar-refractivity contribution in [2.45, 2.75) is 25.9 Å². The molecule has 3 aromatic rings. The van der Waals surface area contributed by atoms with Crippen molar-refractivity contribution in [1.29, 1.82) is 0 Å². The number of carbonyl (C=O) groups is 1. The number of aryl methyl sites for hydroxylation is 2. The van der Waals surface area contributed by atoms with Crippen LogP contribution in [0.1, 0.15) is 17.5 Å². The van der Waals surface area contributed by atoms with E-state index in [1.807, 2.05) is 18.0 Å². The number of aromatic nitrogens is 3. The third kappa shape index (κ3) is 2.95. The van der Waals surface area contributed by atoms with Crippen LogP contribution in [0.2, 0.25) is 0 Å². The van der Waals surface area contributed by atoms with E-state index in [1.165, 1.54) is 5.56 Å². The fraction of sp³-hybridized carbons (Fsp3) is 0.316. The molecule has 1 N–H and O–H groups in total. The van der Waals surface area contributed by atoms with Crippen LogP contribution in [0, 0.1) is 6.92 Å². The van der Waals surface area contributed by atoms with E-state index in [9.17, 15) is 4.79 Å². The van der Waals surface area contributed by atoms with Crippen LogP contribution in [0.15, 0.2) is 42.7 Å². The molecule has 1 saturated heterocycles. The first kappa shape index (κ1) is 15.6. The van der Waals surface area contributed by atoms with Crippen LogP contribution in [-0.4, -0.2) is 38.2 Å². The van der Waals surface area contributed by atoms with Gasteiger partial charge in [-0.3, -0.25) is 9.48 Å². The minimum atomic E-state index is -0.198. The molecule has 0 radical (unpaired) electrons. The Kier molecular flexibility index (Phi) is 3.87. The number of benzene rings is 1. The Hall–Kier alpha value is -2.89. The molecule has 4 rings (SSSR count). The second-order valence-corrected chi connectivity index (χ2v) is 6.59. The summed E-state index contributed by atoms with van der Waals surface area (Å²) in [6, 6.07) is 10.1. The second kappa shape index (κ2) is 6.20. The maximum absolute atomic E-state index is 12.7. The number of nitrogens with zero attached hydrogens (tertiary/aromatic N) is 4. The van der Waals surface area contributed by atoms with Crippen LogP contribution in [0.25, 0.3) is 11.0 Å². The van der Waals surface area contributed by atoms with Gasteiger partial charge in [0, 0.05) is 32.0 Å². The summed E-state index contributed by atoms with van der Waals surface area (Å²) in [5, 5.41) is 8.57. The standard InChI is InChI=1S/C19H21N5O/c1-13-3-5-14(6-4-13)12-24-10-8-17(19(24)25)22-16-7-9-20-18-15(16)11-21-23(18)2/h3-7,9,11,17H,8,10,12H2,1-2H3,(H,20,22). The van der Waals surface area contributed by atoms with Crippen molar-refractivity contribution in [3.8, 4) is 0 Å². The van der Waals surface area contributed by atoms with Crippen molar-refractivity contribution in [1.82, 2.24) is 19.7 Å². The number of fused-ring (bicyclic) bond motifs is 1. The smallest absolute Gasteiger partial charge is 0.245 e. The van der Waals surface area contributed by atoms with Crippen molar-refractivity contribution in [2.75, 3.05) is 11.9 Å². The molecule has 1 atom stereocenters. The Bertz CT molecular complexity index is 915. The van der Waals surface area contributed by atoms with Gasteiger partial charge in [-0.25, -0.2) is 4.98 Å². The number of carbonyl (C=O) groups excluding carboxylic acids is 1. The lowest BCUT2D eigenvalue weighted by molar-refractivity contribution is -0.128. The Morgan fingerprint density at radius 3 is 2.84 bits per heavy atom. The molecule has 0 aliphatic carbocycles. The van der Waals surface area contributed by atoms with E-state index < -0.39 is 0 Å². The molecule has 6 heteroatoms. The molecule has 1 aromatic carbocycles. The first-order valence-electron chi connectivity index (χ1n) is 8.49. The lowest BCUT2D eigenvalue weighted by Gasteiger charge is -2.18. The zero-order valence-electron chi connectivity index (χ0n) is 14.4. The molecule has 1 aliphatic rings. The number of hydrogen-bond acceptors (Lipinski definition) is 4. The first-order valence-corrected chi connectivity index (χ1v) is 8.49. The highest BCUT2D eigenvalue weighted by atomic mass is 16.2. The summed E-state index contributed by atoms with van der Waals surface area (Å²) in [5.74, 6) is 0.148. The number of anilines is 1. The van der Waals surface area contributed by atoms with Gasteiger partial charge in [0.25, 0.3) is 0 Å². The molecule has 1 amide bonds. The zero-order valence-corrected chi connectivity index (χ0v) is 14.4. The molecular weight excluding hydrogens is 314 g/mol. The van der Waals surface area contributed by atoms with E-state index in [2.05, 4.69) is 46.6 Å². The van der Waals surface area contributed by atoms with Crippen LogP contribution in [0.4, 0.5) is 5.69 Å². The highest BCUT2D eigenvalue weighted by Gasteiger charge is 2.31. The predicted octanol–water partition coefficient (Wildman–Crippen LogP) is 2.49. The highest BCUT2D eigenvalue weighted by Crippen LogP contribution is 2.24. The number of rotatable bonds is 4. The van der Waals surface area contributed by atoms with E-state index in [0.29, 0.717) is 6.54 Å². The van der Waals surface area contributed by atoms with Gasteiger partial charge in [0.1, 0.15) is 6.04 Å². The molecule has 1 unspecified atom stereocenters. The molecule has 128 valence electrons. The van der Waals surface area contributed by atoms with E-state index >= 15 is 0 Å². The molecule has 2 aromatic heterocycles.